The van der Waals surface area contributed by atoms with Gasteiger partial charge in [-0.15, -0.1) is 0 Å². The zero-order valence-electron chi connectivity index (χ0n) is 8.44. The number of fused-ring (bicyclic) bond motifs is 1. The van der Waals surface area contributed by atoms with E-state index in [0.717, 1.165) is 17.8 Å². The maximum absolute atomic E-state index is 5.65. The van der Waals surface area contributed by atoms with Crippen molar-refractivity contribution in [1.29, 1.82) is 0 Å². The Labute approximate surface area is 83.5 Å². The third-order valence-corrected chi connectivity index (χ3v) is 2.32. The first kappa shape index (κ1) is 8.99. The normalized spacial score (nSPS) is 24.7. The average Bonchev–Trinajstić information content (AvgIpc) is 2.16. The largest absolute Gasteiger partial charge is 0.368 e. The molecule has 0 amide bonds. The van der Waals surface area contributed by atoms with Crippen molar-refractivity contribution in [2.75, 3.05) is 14.1 Å². The average molecular weight is 190 g/mol. The molecule has 0 radical (unpaired) electrons. The first-order valence-electron chi connectivity index (χ1n) is 4.65. The van der Waals surface area contributed by atoms with Crippen LogP contribution in [0.15, 0.2) is 33.8 Å². The molecular formula is C10H14N4. The van der Waals surface area contributed by atoms with Gasteiger partial charge >= 0.3 is 0 Å². The molecule has 0 fully saturated rings. The third kappa shape index (κ3) is 1.43. The summed E-state index contributed by atoms with van der Waals surface area (Å²) < 4.78 is 0. The van der Waals surface area contributed by atoms with Crippen molar-refractivity contribution in [3.63, 3.8) is 0 Å². The van der Waals surface area contributed by atoms with Crippen LogP contribution in [0.4, 0.5) is 0 Å². The Kier molecular flexibility index (Phi) is 2.11. The van der Waals surface area contributed by atoms with Crippen LogP contribution in [0.1, 0.15) is 6.42 Å². The van der Waals surface area contributed by atoms with Crippen LogP contribution in [0.3, 0.4) is 0 Å². The monoisotopic (exact) mass is 190 g/mol. The summed E-state index contributed by atoms with van der Waals surface area (Å²) in [4.78, 5) is 10.5. The van der Waals surface area contributed by atoms with Crippen molar-refractivity contribution in [1.82, 2.24) is 4.90 Å². The maximum atomic E-state index is 5.65. The highest BCUT2D eigenvalue weighted by Gasteiger charge is 2.24. The summed E-state index contributed by atoms with van der Waals surface area (Å²) >= 11 is 0. The summed E-state index contributed by atoms with van der Waals surface area (Å²) in [5, 5.41) is 0. The van der Waals surface area contributed by atoms with Crippen LogP contribution in [-0.2, 0) is 0 Å². The Balaban J connectivity index is 2.42. The molecule has 0 saturated carbocycles. The van der Waals surface area contributed by atoms with Crippen molar-refractivity contribution in [3.8, 4) is 0 Å². The predicted molar refractivity (Wildman–Crippen MR) is 58.4 cm³/mol. The van der Waals surface area contributed by atoms with Crippen LogP contribution in [0.25, 0.3) is 0 Å². The number of guanidine groups is 1. The summed E-state index contributed by atoms with van der Waals surface area (Å²) in [5.74, 6) is 1.30. The Hall–Kier alpha value is -1.58. The Morgan fingerprint density at radius 1 is 1.50 bits per heavy atom. The molecule has 1 atom stereocenters. The van der Waals surface area contributed by atoms with Crippen molar-refractivity contribution < 1.29 is 0 Å². The molecule has 1 unspecified atom stereocenters. The molecule has 0 spiro atoms. The van der Waals surface area contributed by atoms with Gasteiger partial charge in [-0.1, -0.05) is 18.2 Å². The van der Waals surface area contributed by atoms with Gasteiger partial charge in [0.05, 0.1) is 6.04 Å². The second-order valence-corrected chi connectivity index (χ2v) is 3.62. The molecule has 0 saturated heterocycles. The summed E-state index contributed by atoms with van der Waals surface area (Å²) in [6.45, 7) is 0. The van der Waals surface area contributed by atoms with Gasteiger partial charge in [0.15, 0.2) is 0 Å². The van der Waals surface area contributed by atoms with Crippen LogP contribution in [0.5, 0.6) is 0 Å². The molecule has 74 valence electrons. The molecule has 1 aliphatic carbocycles. The zero-order valence-corrected chi connectivity index (χ0v) is 8.44. The first-order chi connectivity index (χ1) is 6.68. The predicted octanol–water partition coefficient (Wildman–Crippen LogP) is 0.530. The van der Waals surface area contributed by atoms with Gasteiger partial charge in [-0.2, -0.15) is 4.99 Å². The van der Waals surface area contributed by atoms with Gasteiger partial charge < -0.3 is 10.6 Å². The lowest BCUT2D eigenvalue weighted by Crippen LogP contribution is -2.35. The number of hydrogen-bond acceptors (Lipinski definition) is 4. The van der Waals surface area contributed by atoms with E-state index >= 15 is 0 Å². The van der Waals surface area contributed by atoms with Gasteiger partial charge in [0.25, 0.3) is 0 Å². The maximum Gasteiger partial charge on any atom is 0.217 e. The second-order valence-electron chi connectivity index (χ2n) is 3.62. The number of allylic oxidation sites excluding steroid dienone is 2. The number of hydrogen-bond donors (Lipinski definition) is 1. The number of rotatable bonds is 0. The molecule has 2 aliphatic rings. The topological polar surface area (TPSA) is 54.0 Å². The summed E-state index contributed by atoms with van der Waals surface area (Å²) in [5.41, 5.74) is 6.81. The molecule has 2 N–H and O–H groups in total. The molecule has 4 nitrogen and oxygen atoms in total. The SMILES string of the molecule is CN(C)C1=NC(N)=NC2CC=CC=C12. The fraction of sp³-hybridized carbons (Fsp3) is 0.400. The van der Waals surface area contributed by atoms with Crippen molar-refractivity contribution in [2.45, 2.75) is 12.5 Å². The minimum absolute atomic E-state index is 0.162. The molecule has 0 bridgehead atoms. The number of nitrogens with zero attached hydrogens (tertiary/aromatic N) is 3. The molecular weight excluding hydrogens is 176 g/mol. The molecule has 2 rings (SSSR count). The molecule has 0 aromatic rings. The molecule has 1 heterocycles. The molecule has 0 aromatic heterocycles. The van der Waals surface area contributed by atoms with E-state index in [-0.39, 0.29) is 6.04 Å². The fourth-order valence-corrected chi connectivity index (χ4v) is 1.68. The van der Waals surface area contributed by atoms with Crippen LogP contribution in [0, 0.1) is 0 Å². The summed E-state index contributed by atoms with van der Waals surface area (Å²) in [7, 11) is 3.93. The number of nitrogens with two attached hydrogens (primary N) is 1. The highest BCUT2D eigenvalue weighted by molar-refractivity contribution is 6.08. The Morgan fingerprint density at radius 3 is 3.00 bits per heavy atom. The van der Waals surface area contributed by atoms with E-state index in [2.05, 4.69) is 22.1 Å². The third-order valence-electron chi connectivity index (χ3n) is 2.32. The van der Waals surface area contributed by atoms with E-state index in [1.165, 1.54) is 0 Å². The van der Waals surface area contributed by atoms with E-state index in [1.54, 1.807) is 0 Å². The summed E-state index contributed by atoms with van der Waals surface area (Å²) in [6, 6.07) is 0.162. The smallest absolute Gasteiger partial charge is 0.217 e. The standard InChI is InChI=1S/C10H14N4/c1-14(2)9-7-5-3-4-6-8(7)12-10(11)13-9/h3-5,8H,6H2,1-2H3,(H2,11,12). The van der Waals surface area contributed by atoms with Gasteiger partial charge in [0.2, 0.25) is 5.96 Å². The van der Waals surface area contributed by atoms with Gasteiger partial charge in [-0.25, -0.2) is 4.99 Å². The molecule has 1 aliphatic heterocycles. The van der Waals surface area contributed by atoms with Crippen LogP contribution in [-0.4, -0.2) is 36.8 Å². The van der Waals surface area contributed by atoms with Gasteiger partial charge in [0, 0.05) is 19.7 Å². The Bertz CT molecular complexity index is 360. The van der Waals surface area contributed by atoms with Crippen molar-refractivity contribution in [3.05, 3.63) is 23.8 Å². The van der Waals surface area contributed by atoms with Crippen molar-refractivity contribution in [2.24, 2.45) is 15.7 Å². The van der Waals surface area contributed by atoms with Crippen LogP contribution in [0.2, 0.25) is 0 Å². The van der Waals surface area contributed by atoms with E-state index in [1.807, 2.05) is 25.1 Å². The van der Waals surface area contributed by atoms with Gasteiger partial charge in [-0.05, 0) is 6.42 Å². The quantitative estimate of drug-likeness (QED) is 0.605. The van der Waals surface area contributed by atoms with Crippen LogP contribution < -0.4 is 5.73 Å². The van der Waals surface area contributed by atoms with E-state index < -0.39 is 0 Å². The lowest BCUT2D eigenvalue weighted by molar-refractivity contribution is 0.608. The zero-order chi connectivity index (χ0) is 10.1. The molecule has 0 aromatic carbocycles. The molecule has 14 heavy (non-hydrogen) atoms. The number of likely N-dealkylation sites (N-methyl/N-ethyl adjacent to an activating group) is 1. The summed E-state index contributed by atoms with van der Waals surface area (Å²) in [6.07, 6.45) is 7.12. The van der Waals surface area contributed by atoms with Gasteiger partial charge in [0.1, 0.15) is 5.84 Å². The van der Waals surface area contributed by atoms with Crippen molar-refractivity contribution >= 4 is 11.8 Å². The minimum Gasteiger partial charge on any atom is -0.368 e. The Morgan fingerprint density at radius 2 is 2.29 bits per heavy atom. The molecule has 4 heteroatoms. The number of aliphatic imine (C=N–C) groups is 2. The van der Waals surface area contributed by atoms with Crippen LogP contribution >= 0.6 is 0 Å². The minimum atomic E-state index is 0.162. The van der Waals surface area contributed by atoms with E-state index in [9.17, 15) is 0 Å². The first-order valence-corrected chi connectivity index (χ1v) is 4.65. The second kappa shape index (κ2) is 3.29. The lowest BCUT2D eigenvalue weighted by Gasteiger charge is -2.27. The highest BCUT2D eigenvalue weighted by atomic mass is 15.2. The lowest BCUT2D eigenvalue weighted by atomic mass is 9.97. The van der Waals surface area contributed by atoms with E-state index in [4.69, 9.17) is 5.73 Å². The number of amidine groups is 1. The fourth-order valence-electron chi connectivity index (χ4n) is 1.68. The van der Waals surface area contributed by atoms with Gasteiger partial charge in [-0.3, -0.25) is 0 Å². The van der Waals surface area contributed by atoms with E-state index in [0.29, 0.717) is 5.96 Å². The highest BCUT2D eigenvalue weighted by Crippen LogP contribution is 2.22.